The molecule has 5 nitrogen and oxygen atoms in total. The summed E-state index contributed by atoms with van der Waals surface area (Å²) in [6, 6.07) is 1.36. The second-order valence-corrected chi connectivity index (χ2v) is 4.69. The van der Waals surface area contributed by atoms with Crippen LogP contribution in [0.5, 0.6) is 0 Å². The summed E-state index contributed by atoms with van der Waals surface area (Å²) in [5, 5.41) is 0.272. The van der Waals surface area contributed by atoms with Crippen LogP contribution in [-0.2, 0) is 13.6 Å². The van der Waals surface area contributed by atoms with Crippen LogP contribution in [0.1, 0.15) is 24.4 Å². The van der Waals surface area contributed by atoms with Gasteiger partial charge in [0.15, 0.2) is 12.0 Å². The minimum Gasteiger partial charge on any atom is -0.461 e. The van der Waals surface area contributed by atoms with Gasteiger partial charge in [0.1, 0.15) is 11.6 Å². The van der Waals surface area contributed by atoms with E-state index in [2.05, 4.69) is 0 Å². The van der Waals surface area contributed by atoms with Gasteiger partial charge < -0.3 is 13.5 Å². The third-order valence-electron chi connectivity index (χ3n) is 1.64. The molecule has 0 bridgehead atoms. The number of hydrogen-bond acceptors (Lipinski definition) is 5. The Morgan fingerprint density at radius 2 is 2.00 bits per heavy atom. The van der Waals surface area contributed by atoms with Gasteiger partial charge in [-0.15, -0.1) is 0 Å². The van der Waals surface area contributed by atoms with E-state index >= 15 is 0 Å². The van der Waals surface area contributed by atoms with Gasteiger partial charge in [-0.1, -0.05) is 0 Å². The highest BCUT2D eigenvalue weighted by Crippen LogP contribution is 2.46. The van der Waals surface area contributed by atoms with Crippen LogP contribution in [0.4, 0.5) is 0 Å². The maximum Gasteiger partial charge on any atom is 0.364 e. The van der Waals surface area contributed by atoms with Crippen LogP contribution in [0.3, 0.4) is 0 Å². The quantitative estimate of drug-likeness (QED) is 0.554. The van der Waals surface area contributed by atoms with Crippen molar-refractivity contribution in [2.24, 2.45) is 0 Å². The van der Waals surface area contributed by atoms with Crippen LogP contribution in [0.2, 0.25) is 0 Å². The molecule has 0 fully saturated rings. The SMILES string of the molecule is CCOP(=O)(OCC)c1coc(C=O)c1. The van der Waals surface area contributed by atoms with E-state index in [9.17, 15) is 9.36 Å². The molecule has 0 saturated heterocycles. The molecule has 0 aliphatic rings. The van der Waals surface area contributed by atoms with Crippen molar-refractivity contribution in [2.45, 2.75) is 13.8 Å². The van der Waals surface area contributed by atoms with Crippen molar-refractivity contribution in [3.05, 3.63) is 18.1 Å². The average molecular weight is 232 g/mol. The first-order valence-corrected chi connectivity index (χ1v) is 6.14. The molecule has 0 saturated carbocycles. The molecular weight excluding hydrogens is 219 g/mol. The minimum absolute atomic E-state index is 0.102. The number of carbonyl (C=O) groups is 1. The molecule has 1 aromatic rings. The van der Waals surface area contributed by atoms with Crippen molar-refractivity contribution in [1.82, 2.24) is 0 Å². The van der Waals surface area contributed by atoms with E-state index < -0.39 is 7.60 Å². The standard InChI is InChI=1S/C9H13O5P/c1-3-13-15(11,14-4-2)9-5-8(6-10)12-7-9/h5-7H,3-4H2,1-2H3. The molecule has 6 heteroatoms. The smallest absolute Gasteiger partial charge is 0.364 e. The Labute approximate surface area is 87.9 Å². The fraction of sp³-hybridized carbons (Fsp3) is 0.444. The summed E-state index contributed by atoms with van der Waals surface area (Å²) in [4.78, 5) is 10.4. The molecule has 1 rings (SSSR count). The van der Waals surface area contributed by atoms with Crippen LogP contribution >= 0.6 is 7.60 Å². The first-order chi connectivity index (χ1) is 7.16. The van der Waals surface area contributed by atoms with Crippen LogP contribution in [-0.4, -0.2) is 19.5 Å². The number of aldehydes is 1. The van der Waals surface area contributed by atoms with Gasteiger partial charge in [-0.3, -0.25) is 9.36 Å². The molecule has 84 valence electrons. The molecule has 0 atom stereocenters. The maximum atomic E-state index is 12.1. The topological polar surface area (TPSA) is 65.7 Å². The lowest BCUT2D eigenvalue weighted by Crippen LogP contribution is -2.08. The summed E-state index contributed by atoms with van der Waals surface area (Å²) in [6.07, 6.45) is 1.75. The highest BCUT2D eigenvalue weighted by Gasteiger charge is 2.28. The Balaban J connectivity index is 2.97. The van der Waals surface area contributed by atoms with E-state index in [1.165, 1.54) is 12.3 Å². The normalized spacial score (nSPS) is 11.6. The number of rotatable bonds is 6. The molecule has 0 amide bonds. The lowest BCUT2D eigenvalue weighted by molar-refractivity contribution is 0.110. The maximum absolute atomic E-state index is 12.1. The Hall–Kier alpha value is -0.900. The zero-order chi connectivity index (χ0) is 11.3. The first-order valence-electron chi connectivity index (χ1n) is 4.59. The highest BCUT2D eigenvalue weighted by atomic mass is 31.2. The van der Waals surface area contributed by atoms with E-state index in [1.54, 1.807) is 13.8 Å². The van der Waals surface area contributed by atoms with Crippen molar-refractivity contribution in [3.63, 3.8) is 0 Å². The van der Waals surface area contributed by atoms with E-state index in [0.717, 1.165) is 0 Å². The lowest BCUT2D eigenvalue weighted by atomic mass is 10.5. The number of furan rings is 1. The molecule has 0 radical (unpaired) electrons. The summed E-state index contributed by atoms with van der Waals surface area (Å²) in [5.41, 5.74) is 0. The van der Waals surface area contributed by atoms with Gasteiger partial charge in [-0.2, -0.15) is 0 Å². The van der Waals surface area contributed by atoms with Crippen LogP contribution < -0.4 is 5.30 Å². The fourth-order valence-electron chi connectivity index (χ4n) is 1.07. The largest absolute Gasteiger partial charge is 0.461 e. The van der Waals surface area contributed by atoms with Crippen molar-refractivity contribution in [3.8, 4) is 0 Å². The molecule has 0 spiro atoms. The molecule has 0 aliphatic carbocycles. The molecule has 0 unspecified atom stereocenters. The van der Waals surface area contributed by atoms with Crippen molar-refractivity contribution in [1.29, 1.82) is 0 Å². The third kappa shape index (κ3) is 2.78. The fourth-order valence-corrected chi connectivity index (χ4v) is 2.59. The van der Waals surface area contributed by atoms with Gasteiger partial charge in [0.05, 0.1) is 13.2 Å². The summed E-state index contributed by atoms with van der Waals surface area (Å²) in [7, 11) is -3.32. The van der Waals surface area contributed by atoms with Crippen molar-refractivity contribution >= 4 is 19.2 Å². The molecule has 1 heterocycles. The lowest BCUT2D eigenvalue weighted by Gasteiger charge is -2.14. The van der Waals surface area contributed by atoms with Gasteiger partial charge in [0.25, 0.3) is 0 Å². The Bertz CT molecular complexity index is 360. The van der Waals surface area contributed by atoms with Crippen molar-refractivity contribution in [2.75, 3.05) is 13.2 Å². The predicted octanol–water partition coefficient (Wildman–Crippen LogP) is 1.98. The summed E-state index contributed by atoms with van der Waals surface area (Å²) in [5.74, 6) is 0.102. The average Bonchev–Trinajstić information content (AvgIpc) is 2.67. The second-order valence-electron chi connectivity index (χ2n) is 2.66. The highest BCUT2D eigenvalue weighted by molar-refractivity contribution is 7.62. The van der Waals surface area contributed by atoms with Gasteiger partial charge >= 0.3 is 7.60 Å². The Morgan fingerprint density at radius 3 is 2.40 bits per heavy atom. The van der Waals surface area contributed by atoms with Crippen LogP contribution in [0.25, 0.3) is 0 Å². The van der Waals surface area contributed by atoms with Crippen LogP contribution in [0.15, 0.2) is 16.7 Å². The zero-order valence-electron chi connectivity index (χ0n) is 8.63. The molecule has 15 heavy (non-hydrogen) atoms. The predicted molar refractivity (Wildman–Crippen MR) is 54.6 cm³/mol. The number of hydrogen-bond donors (Lipinski definition) is 0. The van der Waals surface area contributed by atoms with Crippen molar-refractivity contribution < 1.29 is 22.8 Å². The Kier molecular flexibility index (Phi) is 4.27. The minimum atomic E-state index is -3.32. The summed E-state index contributed by atoms with van der Waals surface area (Å²) < 4.78 is 27.1. The van der Waals surface area contributed by atoms with Gasteiger partial charge in [-0.05, 0) is 13.8 Å². The van der Waals surface area contributed by atoms with Gasteiger partial charge in [-0.25, -0.2) is 0 Å². The summed E-state index contributed by atoms with van der Waals surface area (Å²) >= 11 is 0. The van der Waals surface area contributed by atoms with E-state index in [4.69, 9.17) is 13.5 Å². The third-order valence-corrected chi connectivity index (χ3v) is 3.70. The summed E-state index contributed by atoms with van der Waals surface area (Å²) in [6.45, 7) is 3.95. The monoisotopic (exact) mass is 232 g/mol. The van der Waals surface area contributed by atoms with Gasteiger partial charge in [0, 0.05) is 6.07 Å². The Morgan fingerprint density at radius 1 is 1.40 bits per heavy atom. The van der Waals surface area contributed by atoms with Crippen LogP contribution in [0, 0.1) is 0 Å². The van der Waals surface area contributed by atoms with E-state index in [1.807, 2.05) is 0 Å². The first kappa shape index (κ1) is 12.2. The molecule has 1 aromatic heterocycles. The van der Waals surface area contributed by atoms with Gasteiger partial charge in [0.2, 0.25) is 0 Å². The van der Waals surface area contributed by atoms with E-state index in [0.29, 0.717) is 6.29 Å². The number of carbonyl (C=O) groups excluding carboxylic acids is 1. The molecule has 0 aliphatic heterocycles. The molecule has 0 aromatic carbocycles. The second kappa shape index (κ2) is 5.26. The molecule has 0 N–H and O–H groups in total. The molecular formula is C9H13O5P. The van der Waals surface area contributed by atoms with E-state index in [-0.39, 0.29) is 24.3 Å². The zero-order valence-corrected chi connectivity index (χ0v) is 9.53.